The summed E-state index contributed by atoms with van der Waals surface area (Å²) in [6.07, 6.45) is 1.18. The summed E-state index contributed by atoms with van der Waals surface area (Å²) in [6.45, 7) is 0.00773. The molecule has 29 heavy (non-hydrogen) atoms. The summed E-state index contributed by atoms with van der Waals surface area (Å²) in [5.41, 5.74) is 0.763. The summed E-state index contributed by atoms with van der Waals surface area (Å²) in [7, 11) is 0. The normalized spacial score (nSPS) is 20.0. The van der Waals surface area contributed by atoms with Gasteiger partial charge in [-0.1, -0.05) is 24.3 Å². The fraction of sp³-hybridized carbons (Fsp3) is 0.286. The third-order valence-electron chi connectivity index (χ3n) is 5.23. The minimum Gasteiger partial charge on any atom is -0.492 e. The number of fused-ring (bicyclic) bond motifs is 2. The molecule has 0 bridgehead atoms. The second-order valence-corrected chi connectivity index (χ2v) is 7.04. The van der Waals surface area contributed by atoms with Gasteiger partial charge in [0.2, 0.25) is 5.91 Å². The Hall–Kier alpha value is -3.42. The Labute approximate surface area is 166 Å². The number of nitrogens with one attached hydrogen (secondary N) is 2. The highest BCUT2D eigenvalue weighted by Gasteiger charge is 2.55. The van der Waals surface area contributed by atoms with E-state index in [1.807, 2.05) is 24.3 Å². The molecule has 1 aliphatic carbocycles. The van der Waals surface area contributed by atoms with E-state index >= 15 is 0 Å². The van der Waals surface area contributed by atoms with Crippen LogP contribution in [-0.2, 0) is 21.5 Å². The van der Waals surface area contributed by atoms with Crippen LogP contribution >= 0.6 is 0 Å². The first kappa shape index (κ1) is 18.9. The Morgan fingerprint density at radius 3 is 2.72 bits per heavy atom. The van der Waals surface area contributed by atoms with Gasteiger partial charge >= 0.3 is 6.03 Å². The van der Waals surface area contributed by atoms with E-state index in [4.69, 9.17) is 4.74 Å². The number of benzene rings is 2. The van der Waals surface area contributed by atoms with Crippen molar-refractivity contribution in [2.45, 2.75) is 18.4 Å². The molecule has 0 aromatic heterocycles. The molecule has 1 fully saturated rings. The highest BCUT2D eigenvalue weighted by atomic mass is 19.1. The average Bonchev–Trinajstić information content (AvgIpc) is 3.20. The highest BCUT2D eigenvalue weighted by molar-refractivity contribution is 6.09. The van der Waals surface area contributed by atoms with E-state index in [9.17, 15) is 18.8 Å². The number of carbonyl (C=O) groups is 3. The van der Waals surface area contributed by atoms with Gasteiger partial charge in [0.15, 0.2) is 0 Å². The van der Waals surface area contributed by atoms with Crippen molar-refractivity contribution in [1.29, 1.82) is 0 Å². The third kappa shape index (κ3) is 3.53. The lowest BCUT2D eigenvalue weighted by atomic mass is 9.92. The molecule has 2 aromatic rings. The fourth-order valence-electron chi connectivity index (χ4n) is 3.82. The van der Waals surface area contributed by atoms with E-state index in [0.29, 0.717) is 18.6 Å². The van der Waals surface area contributed by atoms with Crippen LogP contribution in [0.4, 0.5) is 9.18 Å². The number of hydrogen-bond acceptors (Lipinski definition) is 4. The highest BCUT2D eigenvalue weighted by Crippen LogP contribution is 2.41. The van der Waals surface area contributed by atoms with Crippen molar-refractivity contribution < 1.29 is 23.5 Å². The van der Waals surface area contributed by atoms with Gasteiger partial charge in [-0.25, -0.2) is 9.18 Å². The maximum absolute atomic E-state index is 13.0. The number of ether oxygens (including phenoxy) is 1. The number of amides is 4. The molecule has 1 saturated heterocycles. The maximum atomic E-state index is 13.0. The molecule has 4 rings (SSSR count). The zero-order chi connectivity index (χ0) is 20.4. The van der Waals surface area contributed by atoms with Gasteiger partial charge in [-0.05, 0) is 48.2 Å². The number of imide groups is 1. The van der Waals surface area contributed by atoms with Crippen LogP contribution < -0.4 is 15.4 Å². The van der Waals surface area contributed by atoms with Crippen molar-refractivity contribution in [2.24, 2.45) is 0 Å². The standard InChI is InChI=1S/C21H20FN3O4/c22-15-5-7-16(8-6-15)29-12-11-23-18(26)13-25-19(27)21(24-20(25)28)10-9-14-3-1-2-4-17(14)21/h1-8H,9-13H2,(H,23,26)(H,24,28). The molecule has 7 nitrogen and oxygen atoms in total. The quantitative estimate of drug-likeness (QED) is 0.574. The van der Waals surface area contributed by atoms with E-state index in [-0.39, 0.29) is 25.5 Å². The van der Waals surface area contributed by atoms with Crippen LogP contribution in [0, 0.1) is 5.82 Å². The number of aryl methyl sites for hydroxylation is 1. The van der Waals surface area contributed by atoms with E-state index in [1.165, 1.54) is 24.3 Å². The summed E-state index contributed by atoms with van der Waals surface area (Å²) in [6, 6.07) is 12.5. The molecular weight excluding hydrogens is 377 g/mol. The van der Waals surface area contributed by atoms with Crippen LogP contribution in [0.5, 0.6) is 5.75 Å². The fourth-order valence-corrected chi connectivity index (χ4v) is 3.82. The molecule has 1 heterocycles. The molecule has 0 radical (unpaired) electrons. The molecule has 2 aliphatic rings. The zero-order valence-electron chi connectivity index (χ0n) is 15.6. The van der Waals surface area contributed by atoms with Crippen LogP contribution in [0.15, 0.2) is 48.5 Å². The summed E-state index contributed by atoms with van der Waals surface area (Å²) in [4.78, 5) is 38.5. The minimum absolute atomic E-state index is 0.175. The number of hydrogen-bond donors (Lipinski definition) is 2. The van der Waals surface area contributed by atoms with Gasteiger partial charge in [-0.2, -0.15) is 0 Å². The van der Waals surface area contributed by atoms with Gasteiger partial charge in [0.25, 0.3) is 5.91 Å². The van der Waals surface area contributed by atoms with E-state index in [0.717, 1.165) is 16.0 Å². The van der Waals surface area contributed by atoms with Crippen molar-refractivity contribution in [1.82, 2.24) is 15.5 Å². The van der Waals surface area contributed by atoms with Crippen LogP contribution in [0.1, 0.15) is 17.5 Å². The predicted octanol–water partition coefficient (Wildman–Crippen LogP) is 1.71. The Bertz CT molecular complexity index is 963. The SMILES string of the molecule is O=C(CN1C(=O)NC2(CCc3ccccc32)C1=O)NCCOc1ccc(F)cc1. The molecule has 1 unspecified atom stereocenters. The topological polar surface area (TPSA) is 87.7 Å². The molecule has 1 atom stereocenters. The molecule has 2 aromatic carbocycles. The van der Waals surface area contributed by atoms with E-state index in [2.05, 4.69) is 10.6 Å². The van der Waals surface area contributed by atoms with Crippen LogP contribution in [-0.4, -0.2) is 42.4 Å². The summed E-state index contributed by atoms with van der Waals surface area (Å²) < 4.78 is 18.3. The van der Waals surface area contributed by atoms with E-state index in [1.54, 1.807) is 0 Å². The van der Waals surface area contributed by atoms with Crippen LogP contribution in [0.3, 0.4) is 0 Å². The van der Waals surface area contributed by atoms with Crippen molar-refractivity contribution in [2.75, 3.05) is 19.7 Å². The van der Waals surface area contributed by atoms with Crippen LogP contribution in [0.2, 0.25) is 0 Å². The first-order valence-corrected chi connectivity index (χ1v) is 9.37. The molecule has 0 saturated carbocycles. The van der Waals surface area contributed by atoms with Crippen molar-refractivity contribution in [3.63, 3.8) is 0 Å². The first-order valence-electron chi connectivity index (χ1n) is 9.37. The van der Waals surface area contributed by atoms with Gasteiger partial charge in [0.05, 0.1) is 6.54 Å². The minimum atomic E-state index is -1.07. The number of nitrogens with zero attached hydrogens (tertiary/aromatic N) is 1. The summed E-state index contributed by atoms with van der Waals surface area (Å²) in [5, 5.41) is 5.40. The number of carbonyl (C=O) groups excluding carboxylic acids is 3. The maximum Gasteiger partial charge on any atom is 0.325 e. The zero-order valence-corrected chi connectivity index (χ0v) is 15.6. The number of urea groups is 1. The summed E-state index contributed by atoms with van der Waals surface area (Å²) >= 11 is 0. The number of halogens is 1. The smallest absolute Gasteiger partial charge is 0.325 e. The molecule has 2 N–H and O–H groups in total. The molecular formula is C21H20FN3O4. The molecule has 1 aliphatic heterocycles. The van der Waals surface area contributed by atoms with Crippen molar-refractivity contribution in [3.05, 3.63) is 65.5 Å². The second-order valence-electron chi connectivity index (χ2n) is 7.04. The lowest BCUT2D eigenvalue weighted by Crippen LogP contribution is -2.44. The third-order valence-corrected chi connectivity index (χ3v) is 5.23. The van der Waals surface area contributed by atoms with Gasteiger partial charge < -0.3 is 15.4 Å². The van der Waals surface area contributed by atoms with Crippen molar-refractivity contribution in [3.8, 4) is 5.75 Å². The van der Waals surface area contributed by atoms with Gasteiger partial charge in [0, 0.05) is 0 Å². The Morgan fingerprint density at radius 1 is 1.17 bits per heavy atom. The Balaban J connectivity index is 1.31. The van der Waals surface area contributed by atoms with Crippen molar-refractivity contribution >= 4 is 17.8 Å². The lowest BCUT2D eigenvalue weighted by Gasteiger charge is -2.22. The number of rotatable bonds is 6. The largest absolute Gasteiger partial charge is 0.492 e. The Kier molecular flexibility index (Phi) is 4.92. The molecule has 150 valence electrons. The van der Waals surface area contributed by atoms with Gasteiger partial charge in [-0.3, -0.25) is 14.5 Å². The monoisotopic (exact) mass is 397 g/mol. The molecule has 4 amide bonds. The van der Waals surface area contributed by atoms with E-state index < -0.39 is 23.4 Å². The molecule has 8 heteroatoms. The molecule has 1 spiro atoms. The predicted molar refractivity (Wildman–Crippen MR) is 102 cm³/mol. The van der Waals surface area contributed by atoms with Gasteiger partial charge in [-0.15, -0.1) is 0 Å². The van der Waals surface area contributed by atoms with Gasteiger partial charge in [0.1, 0.15) is 30.3 Å². The lowest BCUT2D eigenvalue weighted by molar-refractivity contribution is -0.135. The summed E-state index contributed by atoms with van der Waals surface area (Å²) in [5.74, 6) is -0.733. The Morgan fingerprint density at radius 2 is 1.93 bits per heavy atom. The second kappa shape index (κ2) is 7.54. The first-order chi connectivity index (χ1) is 14.0. The van der Waals surface area contributed by atoms with Crippen LogP contribution in [0.25, 0.3) is 0 Å². The average molecular weight is 397 g/mol.